The first-order chi connectivity index (χ1) is 5.16. The Balaban J connectivity index is 2.46. The normalized spacial score (nSPS) is 19.5. The van der Waals surface area contributed by atoms with Gasteiger partial charge in [0.2, 0.25) is 0 Å². The van der Waals surface area contributed by atoms with Crippen LogP contribution in [-0.2, 0) is 4.74 Å². The highest BCUT2D eigenvalue weighted by Gasteiger charge is 2.34. The number of methoxy groups -OCH3 is 1. The Morgan fingerprint density at radius 1 is 1.55 bits per heavy atom. The molecular formula is C8H16N2O. The fourth-order valence-electron chi connectivity index (χ4n) is 1.18. The Bertz CT molecular complexity index is 152. The number of rotatable bonds is 3. The van der Waals surface area contributed by atoms with Crippen molar-refractivity contribution in [2.75, 3.05) is 21.2 Å². The quantitative estimate of drug-likeness (QED) is 0.488. The average Bonchev–Trinajstić information content (AvgIpc) is 2.72. The van der Waals surface area contributed by atoms with Gasteiger partial charge in [-0.25, -0.2) is 0 Å². The second kappa shape index (κ2) is 3.22. The third-order valence-electron chi connectivity index (χ3n) is 2.06. The first kappa shape index (κ1) is 8.53. The molecule has 0 bridgehead atoms. The summed E-state index contributed by atoms with van der Waals surface area (Å²) >= 11 is 0. The Kier molecular flexibility index (Phi) is 2.49. The average molecular weight is 156 g/mol. The molecule has 0 aromatic heterocycles. The standard InChI is InChI=1S/C8H16N2O/c1-10(2)8(9)7(11-3)6-4-5-6/h6-7,9H,4-5H2,1-3H3. The van der Waals surface area contributed by atoms with Crippen molar-refractivity contribution in [2.24, 2.45) is 5.92 Å². The van der Waals surface area contributed by atoms with Gasteiger partial charge in [-0.05, 0) is 18.8 Å². The molecule has 1 unspecified atom stereocenters. The van der Waals surface area contributed by atoms with E-state index in [0.29, 0.717) is 11.8 Å². The van der Waals surface area contributed by atoms with E-state index in [2.05, 4.69) is 0 Å². The van der Waals surface area contributed by atoms with Crippen molar-refractivity contribution < 1.29 is 4.74 Å². The lowest BCUT2D eigenvalue weighted by Crippen LogP contribution is -2.35. The molecule has 1 fully saturated rings. The molecule has 0 heterocycles. The van der Waals surface area contributed by atoms with E-state index in [0.717, 1.165) is 0 Å². The van der Waals surface area contributed by atoms with Gasteiger partial charge in [-0.3, -0.25) is 5.41 Å². The van der Waals surface area contributed by atoms with Crippen LogP contribution in [0.1, 0.15) is 12.8 Å². The van der Waals surface area contributed by atoms with E-state index >= 15 is 0 Å². The maximum absolute atomic E-state index is 7.67. The van der Waals surface area contributed by atoms with Gasteiger partial charge in [0.15, 0.2) is 0 Å². The van der Waals surface area contributed by atoms with Gasteiger partial charge in [-0.15, -0.1) is 0 Å². The molecule has 0 radical (unpaired) electrons. The summed E-state index contributed by atoms with van der Waals surface area (Å²) in [4.78, 5) is 1.81. The topological polar surface area (TPSA) is 36.3 Å². The smallest absolute Gasteiger partial charge is 0.125 e. The van der Waals surface area contributed by atoms with Crippen molar-refractivity contribution >= 4 is 5.84 Å². The molecule has 0 aromatic rings. The van der Waals surface area contributed by atoms with Gasteiger partial charge >= 0.3 is 0 Å². The molecular weight excluding hydrogens is 140 g/mol. The number of likely N-dealkylation sites (N-methyl/N-ethyl adjacent to an activating group) is 1. The number of amidine groups is 1. The Morgan fingerprint density at radius 3 is 2.36 bits per heavy atom. The number of nitrogens with one attached hydrogen (secondary N) is 1. The van der Waals surface area contributed by atoms with Gasteiger partial charge in [-0.2, -0.15) is 0 Å². The predicted molar refractivity (Wildman–Crippen MR) is 44.9 cm³/mol. The van der Waals surface area contributed by atoms with E-state index in [1.165, 1.54) is 12.8 Å². The molecule has 0 aliphatic heterocycles. The van der Waals surface area contributed by atoms with Crippen LogP contribution < -0.4 is 0 Å². The zero-order chi connectivity index (χ0) is 8.43. The summed E-state index contributed by atoms with van der Waals surface area (Å²) in [5.74, 6) is 1.20. The molecule has 1 saturated carbocycles. The molecule has 3 nitrogen and oxygen atoms in total. The van der Waals surface area contributed by atoms with Crippen LogP contribution >= 0.6 is 0 Å². The van der Waals surface area contributed by atoms with Crippen LogP contribution in [0.15, 0.2) is 0 Å². The number of hydrogen-bond acceptors (Lipinski definition) is 2. The minimum atomic E-state index is 0.0324. The van der Waals surface area contributed by atoms with Crippen molar-refractivity contribution in [3.63, 3.8) is 0 Å². The van der Waals surface area contributed by atoms with Crippen molar-refractivity contribution in [1.82, 2.24) is 4.90 Å². The second-order valence-electron chi connectivity index (χ2n) is 3.27. The summed E-state index contributed by atoms with van der Waals surface area (Å²) in [5, 5.41) is 7.67. The van der Waals surface area contributed by atoms with Crippen LogP contribution in [0, 0.1) is 11.3 Å². The summed E-state index contributed by atoms with van der Waals surface area (Å²) in [6, 6.07) is 0. The van der Waals surface area contributed by atoms with Gasteiger partial charge in [0.25, 0.3) is 0 Å². The zero-order valence-electron chi connectivity index (χ0n) is 7.42. The van der Waals surface area contributed by atoms with E-state index in [1.807, 2.05) is 19.0 Å². The summed E-state index contributed by atoms with van der Waals surface area (Å²) in [7, 11) is 5.45. The highest BCUT2D eigenvalue weighted by Crippen LogP contribution is 2.34. The maximum Gasteiger partial charge on any atom is 0.125 e. The highest BCUT2D eigenvalue weighted by molar-refractivity contribution is 5.83. The van der Waals surface area contributed by atoms with Gasteiger partial charge in [-0.1, -0.05) is 0 Å². The zero-order valence-corrected chi connectivity index (χ0v) is 7.42. The monoisotopic (exact) mass is 156 g/mol. The predicted octanol–water partition coefficient (Wildman–Crippen LogP) is 0.950. The van der Waals surface area contributed by atoms with E-state index in [-0.39, 0.29) is 6.10 Å². The van der Waals surface area contributed by atoms with Crippen molar-refractivity contribution in [1.29, 1.82) is 5.41 Å². The van der Waals surface area contributed by atoms with E-state index < -0.39 is 0 Å². The van der Waals surface area contributed by atoms with Crippen LogP contribution in [0.4, 0.5) is 0 Å². The van der Waals surface area contributed by atoms with Crippen LogP contribution in [-0.4, -0.2) is 38.0 Å². The summed E-state index contributed by atoms with van der Waals surface area (Å²) in [6.45, 7) is 0. The first-order valence-corrected chi connectivity index (χ1v) is 3.95. The Morgan fingerprint density at radius 2 is 2.09 bits per heavy atom. The summed E-state index contributed by atoms with van der Waals surface area (Å²) < 4.78 is 5.23. The number of hydrogen-bond donors (Lipinski definition) is 1. The molecule has 1 atom stereocenters. The maximum atomic E-state index is 7.67. The Hall–Kier alpha value is -0.570. The number of ether oxygens (including phenoxy) is 1. The van der Waals surface area contributed by atoms with E-state index in [1.54, 1.807) is 7.11 Å². The highest BCUT2D eigenvalue weighted by atomic mass is 16.5. The van der Waals surface area contributed by atoms with Crippen molar-refractivity contribution in [3.8, 4) is 0 Å². The molecule has 11 heavy (non-hydrogen) atoms. The molecule has 0 amide bonds. The lowest BCUT2D eigenvalue weighted by Gasteiger charge is -2.21. The van der Waals surface area contributed by atoms with Crippen molar-refractivity contribution in [2.45, 2.75) is 18.9 Å². The number of nitrogens with zero attached hydrogens (tertiary/aromatic N) is 1. The molecule has 64 valence electrons. The molecule has 3 heteroatoms. The minimum Gasteiger partial charge on any atom is -0.373 e. The molecule has 0 spiro atoms. The molecule has 1 rings (SSSR count). The van der Waals surface area contributed by atoms with Crippen LogP contribution in [0.2, 0.25) is 0 Å². The SMILES string of the molecule is COC(C(=N)N(C)C)C1CC1. The molecule has 0 aromatic carbocycles. The first-order valence-electron chi connectivity index (χ1n) is 3.95. The van der Waals surface area contributed by atoms with Gasteiger partial charge in [0.05, 0.1) is 0 Å². The fraction of sp³-hybridized carbons (Fsp3) is 0.875. The summed E-state index contributed by atoms with van der Waals surface area (Å²) in [6.07, 6.45) is 2.47. The third-order valence-corrected chi connectivity index (χ3v) is 2.06. The van der Waals surface area contributed by atoms with E-state index in [9.17, 15) is 0 Å². The molecule has 1 aliphatic carbocycles. The molecule has 1 N–H and O–H groups in total. The molecule has 1 aliphatic rings. The third kappa shape index (κ3) is 1.93. The Labute approximate surface area is 67.8 Å². The van der Waals surface area contributed by atoms with E-state index in [4.69, 9.17) is 10.1 Å². The van der Waals surface area contributed by atoms with Crippen LogP contribution in [0.3, 0.4) is 0 Å². The lowest BCUT2D eigenvalue weighted by molar-refractivity contribution is 0.128. The lowest BCUT2D eigenvalue weighted by atomic mass is 10.2. The van der Waals surface area contributed by atoms with Crippen LogP contribution in [0.25, 0.3) is 0 Å². The van der Waals surface area contributed by atoms with Crippen LogP contribution in [0.5, 0.6) is 0 Å². The second-order valence-corrected chi connectivity index (χ2v) is 3.27. The van der Waals surface area contributed by atoms with Crippen molar-refractivity contribution in [3.05, 3.63) is 0 Å². The minimum absolute atomic E-state index is 0.0324. The largest absolute Gasteiger partial charge is 0.373 e. The molecule has 0 saturated heterocycles. The van der Waals surface area contributed by atoms with Gasteiger partial charge in [0, 0.05) is 21.2 Å². The van der Waals surface area contributed by atoms with Gasteiger partial charge < -0.3 is 9.64 Å². The summed E-state index contributed by atoms with van der Waals surface area (Å²) in [5.41, 5.74) is 0. The fourth-order valence-corrected chi connectivity index (χ4v) is 1.18. The van der Waals surface area contributed by atoms with Gasteiger partial charge in [0.1, 0.15) is 11.9 Å².